The van der Waals surface area contributed by atoms with Crippen molar-refractivity contribution >= 4 is 29.6 Å². The smallest absolute Gasteiger partial charge is 0.408 e. The van der Waals surface area contributed by atoms with Gasteiger partial charge in [0.1, 0.15) is 17.5 Å². The van der Waals surface area contributed by atoms with Crippen molar-refractivity contribution < 1.29 is 14.3 Å². The number of nitrogens with zero attached hydrogens (tertiary/aromatic N) is 2. The van der Waals surface area contributed by atoms with Crippen LogP contribution >= 0.6 is 11.6 Å². The lowest BCUT2D eigenvalue weighted by atomic mass is 10.1. The third kappa shape index (κ3) is 4.21. The summed E-state index contributed by atoms with van der Waals surface area (Å²) in [7, 11) is 0. The number of carbonyl (C=O) groups is 2. The topological polar surface area (TPSA) is 72.7 Å². The highest BCUT2D eigenvalue weighted by Crippen LogP contribution is 2.19. The van der Waals surface area contributed by atoms with Gasteiger partial charge in [-0.2, -0.15) is 0 Å². The van der Waals surface area contributed by atoms with Gasteiger partial charge in [-0.15, -0.1) is 0 Å². The number of amides is 1. The van der Waals surface area contributed by atoms with Crippen LogP contribution in [-0.4, -0.2) is 27.4 Å². The van der Waals surface area contributed by atoms with Crippen LogP contribution < -0.4 is 5.32 Å². The molecule has 1 amide bonds. The largest absolute Gasteiger partial charge is 0.444 e. The molecule has 0 aliphatic rings. The normalized spacial score (nSPS) is 12.9. The lowest BCUT2D eigenvalue weighted by Gasteiger charge is -2.22. The van der Waals surface area contributed by atoms with Crippen molar-refractivity contribution in [3.63, 3.8) is 0 Å². The second-order valence-electron chi connectivity index (χ2n) is 5.88. The number of imidazole rings is 1. The van der Waals surface area contributed by atoms with Crippen molar-refractivity contribution in [1.82, 2.24) is 14.7 Å². The number of hydrogen-bond acceptors (Lipinski definition) is 4. The molecule has 2 aromatic heterocycles. The number of halogens is 1. The van der Waals surface area contributed by atoms with Crippen molar-refractivity contribution in [2.24, 2.45) is 0 Å². The van der Waals surface area contributed by atoms with Gasteiger partial charge in [0.25, 0.3) is 0 Å². The predicted molar refractivity (Wildman–Crippen MR) is 83.0 cm³/mol. The molecule has 22 heavy (non-hydrogen) atoms. The van der Waals surface area contributed by atoms with Gasteiger partial charge in [-0.1, -0.05) is 11.6 Å². The molecule has 118 valence electrons. The molecule has 7 heteroatoms. The third-order valence-electron chi connectivity index (χ3n) is 2.81. The van der Waals surface area contributed by atoms with E-state index in [1.807, 2.05) is 0 Å². The molecule has 0 bridgehead atoms. The lowest BCUT2D eigenvalue weighted by Crippen LogP contribution is -2.35. The van der Waals surface area contributed by atoms with Gasteiger partial charge in [0, 0.05) is 18.8 Å². The zero-order chi connectivity index (χ0) is 16.3. The van der Waals surface area contributed by atoms with Crippen LogP contribution in [0.25, 0.3) is 5.65 Å². The monoisotopic (exact) mass is 323 g/mol. The molecule has 2 rings (SSSR count). The van der Waals surface area contributed by atoms with E-state index in [0.29, 0.717) is 16.4 Å². The minimum Gasteiger partial charge on any atom is -0.444 e. The fourth-order valence-electron chi connectivity index (χ4n) is 1.95. The van der Waals surface area contributed by atoms with E-state index < -0.39 is 17.7 Å². The van der Waals surface area contributed by atoms with E-state index >= 15 is 0 Å². The number of carbonyl (C=O) groups excluding carboxylic acids is 2. The highest BCUT2D eigenvalue weighted by Gasteiger charge is 2.22. The second-order valence-corrected chi connectivity index (χ2v) is 6.32. The van der Waals surface area contributed by atoms with E-state index in [4.69, 9.17) is 16.3 Å². The maximum Gasteiger partial charge on any atom is 0.408 e. The molecule has 0 aliphatic carbocycles. The Hall–Kier alpha value is -2.08. The Bertz CT molecular complexity index is 691. The van der Waals surface area contributed by atoms with Gasteiger partial charge in [0.2, 0.25) is 0 Å². The summed E-state index contributed by atoms with van der Waals surface area (Å²) in [4.78, 5) is 27.2. The average molecular weight is 324 g/mol. The molecule has 2 aromatic rings. The summed E-state index contributed by atoms with van der Waals surface area (Å²) in [6, 6.07) is 2.94. The number of hydrogen-bond donors (Lipinski definition) is 1. The summed E-state index contributed by atoms with van der Waals surface area (Å²) in [5, 5.41) is 3.24. The lowest BCUT2D eigenvalue weighted by molar-refractivity contribution is -0.108. The third-order valence-corrected chi connectivity index (χ3v) is 3.04. The summed E-state index contributed by atoms with van der Waals surface area (Å²) >= 11 is 5.93. The Kier molecular flexibility index (Phi) is 4.71. The zero-order valence-electron chi connectivity index (χ0n) is 12.7. The van der Waals surface area contributed by atoms with Crippen LogP contribution in [0.15, 0.2) is 24.5 Å². The number of pyridine rings is 1. The number of fused-ring (bicyclic) bond motifs is 1. The molecule has 1 N–H and O–H groups in total. The number of aromatic nitrogens is 2. The maximum absolute atomic E-state index is 11.9. The quantitative estimate of drug-likeness (QED) is 0.877. The van der Waals surface area contributed by atoms with Crippen LogP contribution in [0.4, 0.5) is 4.79 Å². The molecule has 0 fully saturated rings. The molecule has 1 atom stereocenters. The molecule has 0 saturated heterocycles. The molecule has 0 unspecified atom stereocenters. The molecule has 6 nitrogen and oxygen atoms in total. The Labute approximate surface area is 133 Å². The van der Waals surface area contributed by atoms with Crippen LogP contribution in [0.1, 0.15) is 38.9 Å². The molecule has 0 saturated carbocycles. The van der Waals surface area contributed by atoms with Gasteiger partial charge < -0.3 is 19.2 Å². The Morgan fingerprint density at radius 2 is 2.18 bits per heavy atom. The molecular weight excluding hydrogens is 306 g/mol. The molecule has 0 radical (unpaired) electrons. The summed E-state index contributed by atoms with van der Waals surface area (Å²) in [6.07, 6.45) is 3.69. The molecule has 2 heterocycles. The second kappa shape index (κ2) is 6.36. The number of ether oxygens (including phenoxy) is 1. The van der Waals surface area contributed by atoms with Crippen molar-refractivity contribution in [3.05, 3.63) is 35.2 Å². The van der Waals surface area contributed by atoms with Gasteiger partial charge in [-0.25, -0.2) is 9.78 Å². The van der Waals surface area contributed by atoms with Crippen molar-refractivity contribution in [2.75, 3.05) is 0 Å². The van der Waals surface area contributed by atoms with E-state index in [-0.39, 0.29) is 6.42 Å². The maximum atomic E-state index is 11.9. The van der Waals surface area contributed by atoms with Crippen LogP contribution in [0.3, 0.4) is 0 Å². The summed E-state index contributed by atoms with van der Waals surface area (Å²) in [5.41, 5.74) is 0.643. The van der Waals surface area contributed by atoms with Gasteiger partial charge in [-0.3, -0.25) is 0 Å². The Morgan fingerprint density at radius 1 is 1.45 bits per heavy atom. The number of nitrogens with one attached hydrogen (secondary N) is 1. The first-order valence-electron chi connectivity index (χ1n) is 6.86. The van der Waals surface area contributed by atoms with E-state index in [1.165, 1.54) is 0 Å². The Morgan fingerprint density at radius 3 is 2.82 bits per heavy atom. The van der Waals surface area contributed by atoms with Crippen molar-refractivity contribution in [3.8, 4) is 0 Å². The van der Waals surface area contributed by atoms with Gasteiger partial charge in [0.05, 0.1) is 16.8 Å². The molecule has 0 aliphatic heterocycles. The molecule has 0 aromatic carbocycles. The summed E-state index contributed by atoms with van der Waals surface area (Å²) in [5.74, 6) is 0. The predicted octanol–water partition coefficient (Wildman–Crippen LogP) is 3.14. The van der Waals surface area contributed by atoms with Gasteiger partial charge in [-0.05, 0) is 32.9 Å². The zero-order valence-corrected chi connectivity index (χ0v) is 13.4. The minimum atomic E-state index is -0.609. The highest BCUT2D eigenvalue weighted by molar-refractivity contribution is 6.30. The Balaban J connectivity index is 2.22. The standard InChI is InChI=1S/C15H18ClN3O3/c1-15(2,3)22-14(21)18-11(6-7-20)12-9-19-8-10(16)4-5-13(19)17-12/h4-5,7-9,11H,6H2,1-3H3,(H,18,21)/t11-/m0/s1. The number of alkyl carbamates (subject to hydrolysis) is 1. The van der Waals surface area contributed by atoms with Crippen LogP contribution in [-0.2, 0) is 9.53 Å². The minimum absolute atomic E-state index is 0.108. The number of rotatable bonds is 4. The van der Waals surface area contributed by atoms with E-state index in [1.54, 1.807) is 49.7 Å². The first-order valence-corrected chi connectivity index (χ1v) is 7.23. The van der Waals surface area contributed by atoms with Crippen LogP contribution in [0.2, 0.25) is 5.02 Å². The summed E-state index contributed by atoms with van der Waals surface area (Å²) < 4.78 is 6.95. The molecule has 0 spiro atoms. The number of aldehydes is 1. The van der Waals surface area contributed by atoms with Gasteiger partial charge >= 0.3 is 6.09 Å². The first kappa shape index (κ1) is 16.3. The highest BCUT2D eigenvalue weighted by atomic mass is 35.5. The summed E-state index contributed by atoms with van der Waals surface area (Å²) in [6.45, 7) is 5.32. The first-order chi connectivity index (χ1) is 10.3. The van der Waals surface area contributed by atoms with Crippen LogP contribution in [0.5, 0.6) is 0 Å². The average Bonchev–Trinajstić information content (AvgIpc) is 2.78. The van der Waals surface area contributed by atoms with E-state index in [0.717, 1.165) is 6.29 Å². The van der Waals surface area contributed by atoms with E-state index in [2.05, 4.69) is 10.3 Å². The van der Waals surface area contributed by atoms with Crippen molar-refractivity contribution in [1.29, 1.82) is 0 Å². The molecular formula is C15H18ClN3O3. The van der Waals surface area contributed by atoms with Crippen LogP contribution in [0, 0.1) is 0 Å². The van der Waals surface area contributed by atoms with Crippen molar-refractivity contribution in [2.45, 2.75) is 38.8 Å². The fourth-order valence-corrected chi connectivity index (χ4v) is 2.12. The van der Waals surface area contributed by atoms with E-state index in [9.17, 15) is 9.59 Å². The SMILES string of the molecule is CC(C)(C)OC(=O)N[C@@H](CC=O)c1cn2cc(Cl)ccc2n1. The fraction of sp³-hybridized carbons (Fsp3) is 0.400. The van der Waals surface area contributed by atoms with Gasteiger partial charge in [0.15, 0.2) is 0 Å².